The van der Waals surface area contributed by atoms with E-state index in [0.29, 0.717) is 5.56 Å². The van der Waals surface area contributed by atoms with Gasteiger partial charge in [-0.25, -0.2) is 0 Å². The Hall–Kier alpha value is -2.24. The van der Waals surface area contributed by atoms with Crippen LogP contribution in [0.15, 0.2) is 53.7 Å². The smallest absolute Gasteiger partial charge is 0.410 e. The van der Waals surface area contributed by atoms with Crippen LogP contribution in [0.4, 0.5) is 13.2 Å². The van der Waals surface area contributed by atoms with E-state index in [0.717, 1.165) is 35.8 Å². The molecule has 0 fully saturated rings. The SMILES string of the molecule is O/N=C(/C=C(/c1cc(Cl)cc(Cl)c1)C(F)(F)F)c1ccc2c(c1)C=CC2. The number of halogens is 5. The normalized spacial score (nSPS) is 14.7. The van der Waals surface area contributed by atoms with Gasteiger partial charge >= 0.3 is 6.18 Å². The molecule has 7 heteroatoms. The van der Waals surface area contributed by atoms with Crippen molar-refractivity contribution in [2.45, 2.75) is 12.6 Å². The molecule has 0 saturated heterocycles. The third-order valence-corrected chi connectivity index (χ3v) is 4.38. The summed E-state index contributed by atoms with van der Waals surface area (Å²) < 4.78 is 40.8. The maximum absolute atomic E-state index is 13.6. The van der Waals surface area contributed by atoms with Crippen molar-refractivity contribution in [3.63, 3.8) is 0 Å². The Bertz CT molecular complexity index is 926. The van der Waals surface area contributed by atoms with E-state index >= 15 is 0 Å². The zero-order chi connectivity index (χ0) is 18.9. The van der Waals surface area contributed by atoms with Crippen molar-refractivity contribution in [3.8, 4) is 0 Å². The van der Waals surface area contributed by atoms with Crippen molar-refractivity contribution in [1.82, 2.24) is 0 Å². The van der Waals surface area contributed by atoms with Gasteiger partial charge in [-0.2, -0.15) is 13.2 Å². The predicted molar refractivity (Wildman–Crippen MR) is 98.0 cm³/mol. The molecule has 0 unspecified atom stereocenters. The molecular weight excluding hydrogens is 386 g/mol. The van der Waals surface area contributed by atoms with Crippen LogP contribution in [0, 0.1) is 0 Å². The van der Waals surface area contributed by atoms with E-state index in [9.17, 15) is 18.4 Å². The number of allylic oxidation sites excluding steroid dienone is 3. The van der Waals surface area contributed by atoms with Gasteiger partial charge in [-0.05, 0) is 53.5 Å². The number of nitrogens with zero attached hydrogens (tertiary/aromatic N) is 1. The number of hydrogen-bond acceptors (Lipinski definition) is 2. The number of benzene rings is 2. The second-order valence-corrected chi connectivity index (χ2v) is 6.59. The van der Waals surface area contributed by atoms with Crippen molar-refractivity contribution in [2.24, 2.45) is 5.16 Å². The molecule has 0 radical (unpaired) electrons. The highest BCUT2D eigenvalue weighted by atomic mass is 35.5. The average molecular weight is 398 g/mol. The van der Waals surface area contributed by atoms with Crippen molar-refractivity contribution >= 4 is 40.6 Å². The lowest BCUT2D eigenvalue weighted by atomic mass is 9.98. The minimum absolute atomic E-state index is 0.0767. The molecule has 0 aliphatic heterocycles. The summed E-state index contributed by atoms with van der Waals surface area (Å²) >= 11 is 11.7. The molecule has 0 amide bonds. The van der Waals surface area contributed by atoms with Gasteiger partial charge in [0.25, 0.3) is 0 Å². The molecule has 2 nitrogen and oxygen atoms in total. The molecule has 2 aromatic carbocycles. The molecule has 3 rings (SSSR count). The summed E-state index contributed by atoms with van der Waals surface area (Å²) in [7, 11) is 0. The second-order valence-electron chi connectivity index (χ2n) is 5.72. The Kier molecular flexibility index (Phi) is 5.12. The summed E-state index contributed by atoms with van der Waals surface area (Å²) in [4.78, 5) is 0. The molecule has 0 bridgehead atoms. The third-order valence-electron chi connectivity index (χ3n) is 3.94. The molecule has 0 heterocycles. The van der Waals surface area contributed by atoms with Crippen LogP contribution in [-0.2, 0) is 6.42 Å². The van der Waals surface area contributed by atoms with Crippen LogP contribution in [0.3, 0.4) is 0 Å². The van der Waals surface area contributed by atoms with E-state index < -0.39 is 11.7 Å². The number of alkyl halides is 3. The summed E-state index contributed by atoms with van der Waals surface area (Å²) in [6.07, 6.45) is 0.683. The fourth-order valence-electron chi connectivity index (χ4n) is 2.75. The Labute approximate surface area is 157 Å². The monoisotopic (exact) mass is 397 g/mol. The maximum Gasteiger partial charge on any atom is 0.417 e. The van der Waals surface area contributed by atoms with Crippen molar-refractivity contribution in [1.29, 1.82) is 0 Å². The molecule has 0 atom stereocenters. The molecule has 0 spiro atoms. The van der Waals surface area contributed by atoms with Gasteiger partial charge in [-0.1, -0.05) is 52.6 Å². The largest absolute Gasteiger partial charge is 0.417 e. The zero-order valence-corrected chi connectivity index (χ0v) is 14.7. The molecular formula is C19H12Cl2F3NO. The first-order chi connectivity index (χ1) is 12.3. The van der Waals surface area contributed by atoms with Crippen LogP contribution in [0.5, 0.6) is 0 Å². The fourth-order valence-corrected chi connectivity index (χ4v) is 3.28. The van der Waals surface area contributed by atoms with Crippen LogP contribution >= 0.6 is 23.2 Å². The molecule has 1 aliphatic carbocycles. The average Bonchev–Trinajstić information content (AvgIpc) is 3.01. The fraction of sp³-hybridized carbons (Fsp3) is 0.105. The van der Waals surface area contributed by atoms with Crippen LogP contribution in [0.1, 0.15) is 22.3 Å². The summed E-state index contributed by atoms with van der Waals surface area (Å²) in [5.41, 5.74) is 0.885. The van der Waals surface area contributed by atoms with Gasteiger partial charge < -0.3 is 5.21 Å². The first kappa shape index (κ1) is 18.5. The lowest BCUT2D eigenvalue weighted by Crippen LogP contribution is -2.13. The zero-order valence-electron chi connectivity index (χ0n) is 13.2. The van der Waals surface area contributed by atoms with Crippen LogP contribution < -0.4 is 0 Å². The Balaban J connectivity index is 2.10. The Morgan fingerprint density at radius 2 is 1.73 bits per heavy atom. The van der Waals surface area contributed by atoms with Crippen LogP contribution in [0.25, 0.3) is 11.6 Å². The summed E-state index contributed by atoms with van der Waals surface area (Å²) in [5, 5.41) is 12.5. The summed E-state index contributed by atoms with van der Waals surface area (Å²) in [6.45, 7) is 0. The Morgan fingerprint density at radius 1 is 1.04 bits per heavy atom. The maximum atomic E-state index is 13.6. The van der Waals surface area contributed by atoms with Crippen molar-refractivity contribution in [3.05, 3.63) is 80.8 Å². The lowest BCUT2D eigenvalue weighted by molar-refractivity contribution is -0.0688. The Morgan fingerprint density at radius 3 is 2.35 bits per heavy atom. The van der Waals surface area contributed by atoms with Crippen molar-refractivity contribution < 1.29 is 18.4 Å². The number of oxime groups is 1. The summed E-state index contributed by atoms with van der Waals surface area (Å²) in [5.74, 6) is 0. The third kappa shape index (κ3) is 3.94. The standard InChI is InChI=1S/C19H12Cl2F3NO/c20-15-7-14(8-16(21)9-15)17(19(22,23)24)10-18(25-26)13-5-4-11-2-1-3-12(11)6-13/h1,3-10,26H,2H2/b17-10-,25-18-. The molecule has 134 valence electrons. The number of hydrogen-bond donors (Lipinski definition) is 1. The highest BCUT2D eigenvalue weighted by Gasteiger charge is 2.35. The van der Waals surface area contributed by atoms with E-state index in [1.54, 1.807) is 18.2 Å². The first-order valence-corrected chi connectivity index (χ1v) is 8.31. The molecule has 2 aromatic rings. The van der Waals surface area contributed by atoms with Crippen LogP contribution in [0.2, 0.25) is 10.0 Å². The van der Waals surface area contributed by atoms with Crippen molar-refractivity contribution in [2.75, 3.05) is 0 Å². The van der Waals surface area contributed by atoms with Gasteiger partial charge in [0.2, 0.25) is 0 Å². The molecule has 1 aliphatic rings. The predicted octanol–water partition coefficient (Wildman–Crippen LogP) is 6.39. The van der Waals surface area contributed by atoms with Gasteiger partial charge in [-0.3, -0.25) is 0 Å². The van der Waals surface area contributed by atoms with Gasteiger partial charge in [-0.15, -0.1) is 0 Å². The van der Waals surface area contributed by atoms with Crippen LogP contribution in [-0.4, -0.2) is 17.1 Å². The minimum atomic E-state index is -4.69. The van der Waals surface area contributed by atoms with Gasteiger partial charge in [0.05, 0.1) is 5.57 Å². The molecule has 1 N–H and O–H groups in total. The highest BCUT2D eigenvalue weighted by molar-refractivity contribution is 6.35. The minimum Gasteiger partial charge on any atom is -0.410 e. The van der Waals surface area contributed by atoms with E-state index in [1.807, 2.05) is 12.2 Å². The van der Waals surface area contributed by atoms with Gasteiger partial charge in [0.15, 0.2) is 0 Å². The lowest BCUT2D eigenvalue weighted by Gasteiger charge is -2.14. The van der Waals surface area contributed by atoms with E-state index in [4.69, 9.17) is 23.2 Å². The van der Waals surface area contributed by atoms with Gasteiger partial charge in [0.1, 0.15) is 5.71 Å². The van der Waals surface area contributed by atoms with E-state index in [-0.39, 0.29) is 21.3 Å². The highest BCUT2D eigenvalue weighted by Crippen LogP contribution is 2.36. The van der Waals surface area contributed by atoms with Gasteiger partial charge in [0, 0.05) is 15.6 Å². The molecule has 0 aromatic heterocycles. The van der Waals surface area contributed by atoms with E-state index in [1.165, 1.54) is 6.07 Å². The molecule has 0 saturated carbocycles. The number of rotatable bonds is 3. The topological polar surface area (TPSA) is 32.6 Å². The number of fused-ring (bicyclic) bond motifs is 1. The molecule has 26 heavy (non-hydrogen) atoms. The summed E-state index contributed by atoms with van der Waals surface area (Å²) in [6, 6.07) is 8.77. The van der Waals surface area contributed by atoms with E-state index in [2.05, 4.69) is 5.16 Å². The second kappa shape index (κ2) is 7.17. The first-order valence-electron chi connectivity index (χ1n) is 7.55. The quantitative estimate of drug-likeness (QED) is 0.363.